The first kappa shape index (κ1) is 15.1. The van der Waals surface area contributed by atoms with Gasteiger partial charge in [0.1, 0.15) is 17.4 Å². The molecule has 1 atom stereocenters. The number of aromatic nitrogens is 2. The molecule has 0 aliphatic heterocycles. The zero-order chi connectivity index (χ0) is 16.4. The van der Waals surface area contributed by atoms with Crippen LogP contribution in [-0.4, -0.2) is 33.6 Å². The van der Waals surface area contributed by atoms with Crippen LogP contribution in [0.4, 0.5) is 0 Å². The summed E-state index contributed by atoms with van der Waals surface area (Å²) < 4.78 is 7.13. The van der Waals surface area contributed by atoms with Gasteiger partial charge in [-0.2, -0.15) is 0 Å². The number of rotatable bonds is 5. The van der Waals surface area contributed by atoms with Gasteiger partial charge in [0.25, 0.3) is 0 Å². The molecule has 2 aromatic heterocycles. The Morgan fingerprint density at radius 1 is 1.35 bits per heavy atom. The molecule has 0 aliphatic rings. The van der Waals surface area contributed by atoms with Gasteiger partial charge in [0.15, 0.2) is 0 Å². The second-order valence-corrected chi connectivity index (χ2v) is 5.22. The molecule has 0 amide bonds. The molecule has 0 saturated heterocycles. The van der Waals surface area contributed by atoms with Gasteiger partial charge in [-0.15, -0.1) is 0 Å². The lowest BCUT2D eigenvalue weighted by atomic mass is 10.1. The number of carboxylic acid groups (broad SMARTS) is 1. The molecule has 0 spiro atoms. The lowest BCUT2D eigenvalue weighted by Gasteiger charge is -2.09. The summed E-state index contributed by atoms with van der Waals surface area (Å²) in [6.07, 6.45) is 2.04. The number of fused-ring (bicyclic) bond motifs is 1. The largest absolute Gasteiger partial charge is 0.497 e. The maximum absolute atomic E-state index is 11.1. The van der Waals surface area contributed by atoms with E-state index < -0.39 is 12.0 Å². The summed E-state index contributed by atoms with van der Waals surface area (Å²) in [5, 5.41) is 9.12. The Hall–Kier alpha value is -2.86. The van der Waals surface area contributed by atoms with Crippen LogP contribution >= 0.6 is 0 Å². The minimum Gasteiger partial charge on any atom is -0.497 e. The van der Waals surface area contributed by atoms with E-state index in [0.717, 1.165) is 16.9 Å². The Morgan fingerprint density at radius 2 is 2.17 bits per heavy atom. The molecule has 1 aromatic carbocycles. The van der Waals surface area contributed by atoms with Gasteiger partial charge in [-0.25, -0.2) is 4.98 Å². The van der Waals surface area contributed by atoms with Crippen molar-refractivity contribution in [1.82, 2.24) is 9.38 Å². The molecule has 3 aromatic rings. The predicted molar refractivity (Wildman–Crippen MR) is 86.5 cm³/mol. The van der Waals surface area contributed by atoms with E-state index in [1.807, 2.05) is 53.1 Å². The number of benzene rings is 1. The Bertz CT molecular complexity index is 857. The van der Waals surface area contributed by atoms with E-state index in [2.05, 4.69) is 4.98 Å². The van der Waals surface area contributed by atoms with Gasteiger partial charge in [0, 0.05) is 18.2 Å². The van der Waals surface area contributed by atoms with Gasteiger partial charge in [0.05, 0.1) is 18.5 Å². The minimum atomic E-state index is -1.03. The van der Waals surface area contributed by atoms with Crippen molar-refractivity contribution in [1.29, 1.82) is 0 Å². The predicted octanol–water partition coefficient (Wildman–Crippen LogP) is 1.96. The first-order valence-electron chi connectivity index (χ1n) is 7.19. The minimum absolute atomic E-state index is 0.188. The molecule has 0 radical (unpaired) electrons. The molecule has 23 heavy (non-hydrogen) atoms. The van der Waals surface area contributed by atoms with E-state index in [9.17, 15) is 4.79 Å². The van der Waals surface area contributed by atoms with Crippen LogP contribution in [0.2, 0.25) is 0 Å². The third-order valence-corrected chi connectivity index (χ3v) is 3.70. The maximum atomic E-state index is 11.1. The van der Waals surface area contributed by atoms with Crippen molar-refractivity contribution in [2.24, 2.45) is 5.73 Å². The van der Waals surface area contributed by atoms with Crippen LogP contribution in [0.3, 0.4) is 0 Å². The van der Waals surface area contributed by atoms with Crippen molar-refractivity contribution < 1.29 is 14.6 Å². The highest BCUT2D eigenvalue weighted by molar-refractivity contribution is 5.75. The van der Waals surface area contributed by atoms with E-state index in [0.29, 0.717) is 11.4 Å². The van der Waals surface area contributed by atoms with Gasteiger partial charge in [-0.1, -0.05) is 18.2 Å². The highest BCUT2D eigenvalue weighted by atomic mass is 16.5. The lowest BCUT2D eigenvalue weighted by molar-refractivity contribution is -0.138. The Balaban J connectivity index is 2.16. The zero-order valence-electron chi connectivity index (χ0n) is 12.6. The van der Waals surface area contributed by atoms with Gasteiger partial charge >= 0.3 is 5.97 Å². The van der Waals surface area contributed by atoms with Crippen LogP contribution in [0.15, 0.2) is 48.7 Å². The summed E-state index contributed by atoms with van der Waals surface area (Å²) >= 11 is 0. The lowest BCUT2D eigenvalue weighted by Crippen LogP contribution is -2.32. The maximum Gasteiger partial charge on any atom is 0.320 e. The Labute approximate surface area is 133 Å². The van der Waals surface area contributed by atoms with E-state index in [1.54, 1.807) is 7.11 Å². The van der Waals surface area contributed by atoms with Crippen molar-refractivity contribution in [3.63, 3.8) is 0 Å². The number of ether oxygens (including phenoxy) is 1. The fraction of sp³-hybridized carbons (Fsp3) is 0.176. The van der Waals surface area contributed by atoms with Crippen LogP contribution in [0.1, 0.15) is 5.69 Å². The van der Waals surface area contributed by atoms with Crippen LogP contribution in [0, 0.1) is 0 Å². The van der Waals surface area contributed by atoms with Crippen molar-refractivity contribution in [2.75, 3.05) is 7.11 Å². The number of hydrogen-bond donors (Lipinski definition) is 2. The summed E-state index contributed by atoms with van der Waals surface area (Å²) in [7, 11) is 1.60. The molecule has 1 unspecified atom stereocenters. The summed E-state index contributed by atoms with van der Waals surface area (Å²) in [6, 6.07) is 12.2. The number of carboxylic acids is 1. The fourth-order valence-electron chi connectivity index (χ4n) is 2.54. The standard InChI is InChI=1S/C17H17N3O3/c1-23-12-6-4-5-11(9-12)16-14(10-13(18)17(21)22)20-8-3-2-7-15(20)19-16/h2-9,13H,10,18H2,1H3,(H,21,22). The second kappa shape index (κ2) is 6.10. The monoisotopic (exact) mass is 311 g/mol. The van der Waals surface area contributed by atoms with Gasteiger partial charge in [-0.3, -0.25) is 4.79 Å². The number of methoxy groups -OCH3 is 1. The molecular formula is C17H17N3O3. The van der Waals surface area contributed by atoms with Gasteiger partial charge in [-0.05, 0) is 24.3 Å². The van der Waals surface area contributed by atoms with Crippen molar-refractivity contribution in [3.8, 4) is 17.0 Å². The Morgan fingerprint density at radius 3 is 2.91 bits per heavy atom. The molecule has 118 valence electrons. The Kier molecular flexibility index (Phi) is 3.99. The zero-order valence-corrected chi connectivity index (χ0v) is 12.6. The van der Waals surface area contributed by atoms with Crippen molar-refractivity contribution in [3.05, 3.63) is 54.4 Å². The first-order chi connectivity index (χ1) is 11.1. The normalized spacial score (nSPS) is 12.3. The number of hydrogen-bond acceptors (Lipinski definition) is 4. The molecule has 0 saturated carbocycles. The van der Waals surface area contributed by atoms with Crippen LogP contribution in [-0.2, 0) is 11.2 Å². The topological polar surface area (TPSA) is 89.9 Å². The highest BCUT2D eigenvalue weighted by Gasteiger charge is 2.20. The van der Waals surface area contributed by atoms with Crippen LogP contribution < -0.4 is 10.5 Å². The molecule has 0 bridgehead atoms. The smallest absolute Gasteiger partial charge is 0.320 e. The number of nitrogens with zero attached hydrogens (tertiary/aromatic N) is 2. The molecule has 0 aliphatic carbocycles. The van der Waals surface area contributed by atoms with Crippen molar-refractivity contribution in [2.45, 2.75) is 12.5 Å². The summed E-state index contributed by atoms with van der Waals surface area (Å²) in [5.41, 5.74) is 8.83. The number of carbonyl (C=O) groups is 1. The van der Waals surface area contributed by atoms with E-state index in [1.165, 1.54) is 0 Å². The SMILES string of the molecule is COc1cccc(-c2nc3ccccn3c2CC(N)C(=O)O)c1. The molecule has 2 heterocycles. The van der Waals surface area contributed by atoms with Gasteiger partial charge in [0.2, 0.25) is 0 Å². The first-order valence-corrected chi connectivity index (χ1v) is 7.19. The number of aliphatic carboxylic acids is 1. The van der Waals surface area contributed by atoms with E-state index >= 15 is 0 Å². The molecule has 3 rings (SSSR count). The molecule has 6 heteroatoms. The molecule has 6 nitrogen and oxygen atoms in total. The fourth-order valence-corrected chi connectivity index (χ4v) is 2.54. The number of nitrogens with two attached hydrogens (primary N) is 1. The summed E-state index contributed by atoms with van der Waals surface area (Å²) in [6.45, 7) is 0. The number of pyridine rings is 1. The van der Waals surface area contributed by atoms with Crippen LogP contribution in [0.25, 0.3) is 16.9 Å². The third kappa shape index (κ3) is 2.89. The number of imidazole rings is 1. The van der Waals surface area contributed by atoms with Gasteiger partial charge < -0.3 is 20.0 Å². The highest BCUT2D eigenvalue weighted by Crippen LogP contribution is 2.28. The molecule has 3 N–H and O–H groups in total. The summed E-state index contributed by atoms with van der Waals surface area (Å²) in [4.78, 5) is 15.8. The molecular weight excluding hydrogens is 294 g/mol. The third-order valence-electron chi connectivity index (χ3n) is 3.70. The molecule has 0 fully saturated rings. The van der Waals surface area contributed by atoms with Crippen LogP contribution in [0.5, 0.6) is 5.75 Å². The van der Waals surface area contributed by atoms with E-state index in [-0.39, 0.29) is 6.42 Å². The average Bonchev–Trinajstić information content (AvgIpc) is 2.93. The van der Waals surface area contributed by atoms with Crippen molar-refractivity contribution >= 4 is 11.6 Å². The van der Waals surface area contributed by atoms with E-state index in [4.69, 9.17) is 15.6 Å². The average molecular weight is 311 g/mol. The quantitative estimate of drug-likeness (QED) is 0.752. The second-order valence-electron chi connectivity index (χ2n) is 5.22. The summed E-state index contributed by atoms with van der Waals surface area (Å²) in [5.74, 6) is -0.319.